The highest BCUT2D eigenvalue weighted by atomic mass is 35.5. The van der Waals surface area contributed by atoms with Crippen molar-refractivity contribution in [2.24, 2.45) is 0 Å². The minimum absolute atomic E-state index is 0.219. The molecule has 0 spiro atoms. The van der Waals surface area contributed by atoms with Crippen LogP contribution < -0.4 is 16.5 Å². The predicted octanol–water partition coefficient (Wildman–Crippen LogP) is 1.51. The molecular weight excluding hydrogens is 249 g/mol. The molecule has 0 aliphatic rings. The Morgan fingerprint density at radius 1 is 1.31 bits per heavy atom. The van der Waals surface area contributed by atoms with E-state index >= 15 is 0 Å². The zero-order valence-electron chi connectivity index (χ0n) is 8.09. The molecule has 1 aromatic carbocycles. The maximum Gasteiger partial charge on any atom is 0.361 e. The first kappa shape index (κ1) is 11.0. The monoisotopic (exact) mass is 255 g/mol. The van der Waals surface area contributed by atoms with E-state index in [1.165, 1.54) is 0 Å². The number of oxazole rings is 1. The summed E-state index contributed by atoms with van der Waals surface area (Å²) < 4.78 is 4.73. The van der Waals surface area contributed by atoms with Crippen LogP contribution in [0.2, 0.25) is 10.0 Å². The summed E-state index contributed by atoms with van der Waals surface area (Å²) in [4.78, 5) is 14.0. The number of benzene rings is 1. The Morgan fingerprint density at radius 3 is 2.62 bits per heavy atom. The highest BCUT2D eigenvalue weighted by molar-refractivity contribution is 6.42. The molecule has 0 aliphatic carbocycles. The van der Waals surface area contributed by atoms with Crippen molar-refractivity contribution in [1.82, 2.24) is 4.98 Å². The number of hydrogen-bond acceptors (Lipinski definition) is 2. The summed E-state index contributed by atoms with van der Waals surface area (Å²) in [6.45, 7) is 3.49. The average Bonchev–Trinajstić information content (AvgIpc) is 2.51. The zero-order valence-corrected chi connectivity index (χ0v) is 9.60. The van der Waals surface area contributed by atoms with Gasteiger partial charge in [0.15, 0.2) is 5.55 Å². The summed E-state index contributed by atoms with van der Waals surface area (Å²) in [5.41, 5.74) is 0.510. The number of nitrogens with one attached hydrogen (secondary N) is 1. The quantitative estimate of drug-likeness (QED) is 0.840. The highest BCUT2D eigenvalue weighted by Crippen LogP contribution is 2.22. The van der Waals surface area contributed by atoms with Gasteiger partial charge in [0.1, 0.15) is 5.35 Å². The summed E-state index contributed by atoms with van der Waals surface area (Å²) in [6, 6.07) is 5.07. The second kappa shape index (κ2) is 4.20. The van der Waals surface area contributed by atoms with Crippen LogP contribution >= 0.6 is 23.2 Å². The first-order valence-corrected chi connectivity index (χ1v) is 5.17. The van der Waals surface area contributed by atoms with E-state index in [1.807, 2.05) is 0 Å². The smallest absolute Gasteiger partial charge is 0.361 e. The fourth-order valence-corrected chi connectivity index (χ4v) is 1.56. The van der Waals surface area contributed by atoms with Gasteiger partial charge in [0.05, 0.1) is 10.0 Å². The number of aromatic nitrogens is 1. The summed E-state index contributed by atoms with van der Waals surface area (Å²) in [7, 11) is 0. The molecule has 5 heteroatoms. The van der Waals surface area contributed by atoms with Gasteiger partial charge in [0.25, 0.3) is 0 Å². The van der Waals surface area contributed by atoms with Crippen molar-refractivity contribution in [3.8, 4) is 0 Å². The molecule has 0 unspecified atom stereocenters. The number of hydrogen-bond donors (Lipinski definition) is 1. The molecule has 3 nitrogen and oxygen atoms in total. The van der Waals surface area contributed by atoms with Gasteiger partial charge in [0.2, 0.25) is 0 Å². The van der Waals surface area contributed by atoms with E-state index in [2.05, 4.69) is 11.6 Å². The van der Waals surface area contributed by atoms with E-state index in [9.17, 15) is 4.79 Å². The van der Waals surface area contributed by atoms with Gasteiger partial charge >= 0.3 is 5.63 Å². The lowest BCUT2D eigenvalue weighted by molar-refractivity contribution is 0.488. The highest BCUT2D eigenvalue weighted by Gasteiger charge is 1.99. The summed E-state index contributed by atoms with van der Waals surface area (Å²) in [6.07, 6.45) is 1.61. The van der Waals surface area contributed by atoms with Crippen molar-refractivity contribution in [2.75, 3.05) is 0 Å². The van der Waals surface area contributed by atoms with Crippen LogP contribution in [0, 0.1) is 0 Å². The van der Waals surface area contributed by atoms with Crippen molar-refractivity contribution in [2.45, 2.75) is 0 Å². The molecule has 1 N–H and O–H groups in total. The minimum atomic E-state index is -0.462. The van der Waals surface area contributed by atoms with Gasteiger partial charge in [-0.3, -0.25) is 0 Å². The molecule has 2 aromatic rings. The summed E-state index contributed by atoms with van der Waals surface area (Å²) >= 11 is 11.6. The van der Waals surface area contributed by atoms with Crippen LogP contribution in [0.4, 0.5) is 0 Å². The van der Waals surface area contributed by atoms with Crippen molar-refractivity contribution >= 4 is 35.9 Å². The van der Waals surface area contributed by atoms with Crippen LogP contribution in [-0.4, -0.2) is 4.98 Å². The van der Waals surface area contributed by atoms with Gasteiger partial charge in [-0.1, -0.05) is 29.3 Å². The second-order valence-electron chi connectivity index (χ2n) is 3.17. The topological polar surface area (TPSA) is 46.0 Å². The maximum atomic E-state index is 11.3. The van der Waals surface area contributed by atoms with E-state index < -0.39 is 5.63 Å². The molecule has 2 rings (SSSR count). The fraction of sp³-hybridized carbons (Fsp3) is 0. The molecule has 16 heavy (non-hydrogen) atoms. The first-order valence-electron chi connectivity index (χ1n) is 4.41. The molecule has 0 aliphatic heterocycles. The third kappa shape index (κ3) is 2.21. The molecule has 82 valence electrons. The van der Waals surface area contributed by atoms with Crippen molar-refractivity contribution < 1.29 is 4.42 Å². The van der Waals surface area contributed by atoms with E-state index in [4.69, 9.17) is 27.6 Å². The van der Waals surface area contributed by atoms with Gasteiger partial charge in [-0.15, -0.1) is 0 Å². The van der Waals surface area contributed by atoms with Crippen LogP contribution in [0.1, 0.15) is 5.56 Å². The maximum absolute atomic E-state index is 11.3. The number of H-pyrrole nitrogens is 1. The van der Waals surface area contributed by atoms with Crippen molar-refractivity contribution in [3.63, 3.8) is 0 Å². The molecule has 0 bridgehead atoms. The Morgan fingerprint density at radius 2 is 2.06 bits per heavy atom. The van der Waals surface area contributed by atoms with Gasteiger partial charge in [-0.2, -0.15) is 0 Å². The molecule has 0 saturated carbocycles. The van der Waals surface area contributed by atoms with E-state index in [1.54, 1.807) is 24.3 Å². The summed E-state index contributed by atoms with van der Waals surface area (Å²) in [5, 5.41) is 1.22. The van der Waals surface area contributed by atoms with Crippen LogP contribution in [0.5, 0.6) is 0 Å². The van der Waals surface area contributed by atoms with Gasteiger partial charge < -0.3 is 9.40 Å². The molecule has 1 heterocycles. The number of rotatable bonds is 1. The van der Waals surface area contributed by atoms with E-state index in [0.717, 1.165) is 5.56 Å². The molecule has 0 radical (unpaired) electrons. The molecule has 0 saturated heterocycles. The van der Waals surface area contributed by atoms with Crippen molar-refractivity contribution in [3.05, 3.63) is 55.1 Å². The molecule has 0 fully saturated rings. The van der Waals surface area contributed by atoms with Gasteiger partial charge in [0, 0.05) is 0 Å². The fourth-order valence-electron chi connectivity index (χ4n) is 1.26. The zero-order chi connectivity index (χ0) is 11.7. The SMILES string of the molecule is C=c1[nH]c(=Cc2ccc(Cl)c(Cl)c2)c(=O)o1. The second-order valence-corrected chi connectivity index (χ2v) is 3.98. The Balaban J connectivity index is 2.59. The first-order chi connectivity index (χ1) is 7.56. The molecule has 0 amide bonds. The standard InChI is InChI=1S/C11H7Cl2NO2/c1-6-14-10(11(15)16-6)5-7-2-3-8(12)9(13)4-7/h2-5,14H,1H2. The van der Waals surface area contributed by atoms with E-state index in [-0.39, 0.29) is 5.55 Å². The normalized spacial score (nSPS) is 12.0. The van der Waals surface area contributed by atoms with Crippen LogP contribution in [0.3, 0.4) is 0 Å². The third-order valence-electron chi connectivity index (χ3n) is 1.96. The number of halogens is 2. The molecule has 0 atom stereocenters. The van der Waals surface area contributed by atoms with Crippen LogP contribution in [0.25, 0.3) is 12.7 Å². The third-order valence-corrected chi connectivity index (χ3v) is 2.70. The minimum Gasteiger partial charge on any atom is -0.405 e. The Kier molecular flexibility index (Phi) is 2.90. The molecular formula is C11H7Cl2NO2. The lowest BCUT2D eigenvalue weighted by Crippen LogP contribution is -2.20. The molecule has 1 aromatic heterocycles. The Bertz CT molecular complexity index is 685. The van der Waals surface area contributed by atoms with Crippen LogP contribution in [0.15, 0.2) is 27.4 Å². The van der Waals surface area contributed by atoms with Crippen molar-refractivity contribution in [1.29, 1.82) is 0 Å². The number of aromatic amines is 1. The average molecular weight is 256 g/mol. The summed E-state index contributed by atoms with van der Waals surface area (Å²) in [5.74, 6) is 0. The largest absolute Gasteiger partial charge is 0.405 e. The van der Waals surface area contributed by atoms with E-state index in [0.29, 0.717) is 15.4 Å². The van der Waals surface area contributed by atoms with Gasteiger partial charge in [-0.05, 0) is 30.4 Å². The Hall–Kier alpha value is -1.45. The lowest BCUT2D eigenvalue weighted by atomic mass is 10.2. The Labute approximate surface area is 101 Å². The van der Waals surface area contributed by atoms with Gasteiger partial charge in [-0.25, -0.2) is 4.79 Å². The van der Waals surface area contributed by atoms with Crippen LogP contribution in [-0.2, 0) is 0 Å². The lowest BCUT2D eigenvalue weighted by Gasteiger charge is -1.96. The predicted molar refractivity (Wildman–Crippen MR) is 64.1 cm³/mol.